The number of nitrogens with zero attached hydrogens (tertiary/aromatic N) is 3. The Hall–Kier alpha value is -4.78. The lowest BCUT2D eigenvalue weighted by Crippen LogP contribution is -2.43. The summed E-state index contributed by atoms with van der Waals surface area (Å²) in [6.45, 7) is 0.777. The second-order valence-electron chi connectivity index (χ2n) is 10.7. The van der Waals surface area contributed by atoms with Crippen molar-refractivity contribution in [2.75, 3.05) is 11.4 Å². The van der Waals surface area contributed by atoms with Crippen molar-refractivity contribution in [2.45, 2.75) is 37.6 Å². The van der Waals surface area contributed by atoms with Crippen molar-refractivity contribution in [3.63, 3.8) is 0 Å². The van der Waals surface area contributed by atoms with Gasteiger partial charge in [-0.25, -0.2) is 4.98 Å². The minimum Gasteiger partial charge on any atom is -0.348 e. The van der Waals surface area contributed by atoms with E-state index in [0.717, 1.165) is 59.1 Å². The molecular formula is C33H29N5O2. The fourth-order valence-electron chi connectivity index (χ4n) is 5.90. The van der Waals surface area contributed by atoms with Gasteiger partial charge in [0.25, 0.3) is 5.91 Å². The number of anilines is 1. The predicted octanol–water partition coefficient (Wildman–Crippen LogP) is 6.09. The minimum absolute atomic E-state index is 0.107. The van der Waals surface area contributed by atoms with Crippen LogP contribution in [0.4, 0.5) is 5.69 Å². The molecule has 40 heavy (non-hydrogen) atoms. The maximum atomic E-state index is 13.1. The average Bonchev–Trinajstić information content (AvgIpc) is 3.61. The molecule has 4 heterocycles. The van der Waals surface area contributed by atoms with Crippen LogP contribution in [0.1, 0.15) is 47.7 Å². The lowest BCUT2D eigenvalue weighted by Gasteiger charge is -2.36. The Labute approximate surface area is 232 Å². The molecule has 0 atom stereocenters. The Morgan fingerprint density at radius 3 is 2.50 bits per heavy atom. The van der Waals surface area contributed by atoms with Crippen LogP contribution in [0.3, 0.4) is 0 Å². The molecule has 198 valence electrons. The van der Waals surface area contributed by atoms with Gasteiger partial charge in [-0.15, -0.1) is 0 Å². The molecule has 1 saturated carbocycles. The van der Waals surface area contributed by atoms with Gasteiger partial charge in [0.1, 0.15) is 11.3 Å². The van der Waals surface area contributed by atoms with Gasteiger partial charge in [-0.2, -0.15) is 0 Å². The van der Waals surface area contributed by atoms with Crippen molar-refractivity contribution < 1.29 is 9.59 Å². The smallest absolute Gasteiger partial charge is 0.267 e. The van der Waals surface area contributed by atoms with Gasteiger partial charge >= 0.3 is 0 Å². The number of nitrogens with one attached hydrogen (secondary N) is 2. The van der Waals surface area contributed by atoms with Crippen LogP contribution in [0, 0.1) is 0 Å². The number of carbonyl (C=O) groups is 2. The second-order valence-corrected chi connectivity index (χ2v) is 10.7. The van der Waals surface area contributed by atoms with Crippen molar-refractivity contribution in [3.8, 4) is 22.3 Å². The molecule has 5 aromatic rings. The van der Waals surface area contributed by atoms with Gasteiger partial charge in [0.15, 0.2) is 0 Å². The lowest BCUT2D eigenvalue weighted by atomic mass is 9.76. The average molecular weight is 528 g/mol. The number of aromatic amines is 1. The molecule has 2 aromatic carbocycles. The van der Waals surface area contributed by atoms with E-state index in [-0.39, 0.29) is 17.9 Å². The molecule has 0 radical (unpaired) electrons. The van der Waals surface area contributed by atoms with Crippen molar-refractivity contribution in [3.05, 3.63) is 103 Å². The Bertz CT molecular complexity index is 1700. The van der Waals surface area contributed by atoms with Crippen LogP contribution in [0.2, 0.25) is 0 Å². The summed E-state index contributed by atoms with van der Waals surface area (Å²) in [7, 11) is 0. The number of hydrogen-bond donors (Lipinski definition) is 2. The minimum atomic E-state index is -0.107. The Morgan fingerprint density at radius 1 is 0.925 bits per heavy atom. The van der Waals surface area contributed by atoms with Crippen molar-refractivity contribution in [1.82, 2.24) is 20.3 Å². The molecular weight excluding hydrogens is 498 g/mol. The zero-order valence-electron chi connectivity index (χ0n) is 22.0. The van der Waals surface area contributed by atoms with E-state index < -0.39 is 0 Å². The van der Waals surface area contributed by atoms with Crippen molar-refractivity contribution in [1.29, 1.82) is 0 Å². The van der Waals surface area contributed by atoms with Crippen molar-refractivity contribution >= 4 is 28.5 Å². The fraction of sp³-hybridized carbons (Fsp3) is 0.212. The number of benzene rings is 2. The van der Waals surface area contributed by atoms with Gasteiger partial charge < -0.3 is 15.2 Å². The van der Waals surface area contributed by atoms with E-state index in [1.807, 2.05) is 59.8 Å². The van der Waals surface area contributed by atoms with Crippen molar-refractivity contribution in [2.24, 2.45) is 0 Å². The number of fused-ring (bicyclic) bond motifs is 1. The predicted molar refractivity (Wildman–Crippen MR) is 156 cm³/mol. The summed E-state index contributed by atoms with van der Waals surface area (Å²) in [5.41, 5.74) is 7.35. The van der Waals surface area contributed by atoms with Gasteiger partial charge in [0.05, 0.1) is 0 Å². The molecule has 2 fully saturated rings. The van der Waals surface area contributed by atoms with Gasteiger partial charge in [-0.3, -0.25) is 14.6 Å². The molecule has 0 spiro atoms. The quantitative estimate of drug-likeness (QED) is 0.279. The topological polar surface area (TPSA) is 91.0 Å². The number of pyridine rings is 2. The highest BCUT2D eigenvalue weighted by molar-refractivity contribution is 6.02. The highest BCUT2D eigenvalue weighted by atomic mass is 16.2. The molecule has 1 saturated heterocycles. The van der Waals surface area contributed by atoms with Crippen LogP contribution in [0.15, 0.2) is 91.4 Å². The first kappa shape index (κ1) is 24.3. The zero-order chi connectivity index (χ0) is 27.1. The van der Waals surface area contributed by atoms with Crippen LogP contribution in [-0.2, 0) is 4.79 Å². The Kier molecular flexibility index (Phi) is 6.11. The number of aromatic nitrogens is 3. The molecule has 2 aliphatic rings. The zero-order valence-corrected chi connectivity index (χ0v) is 22.0. The molecule has 7 nitrogen and oxygen atoms in total. The lowest BCUT2D eigenvalue weighted by molar-refractivity contribution is -0.117. The van der Waals surface area contributed by atoms with Crippen LogP contribution >= 0.6 is 0 Å². The molecule has 3 aromatic heterocycles. The maximum Gasteiger partial charge on any atom is 0.267 e. The van der Waals surface area contributed by atoms with Crippen LogP contribution in [0.25, 0.3) is 33.3 Å². The fourth-order valence-corrected chi connectivity index (χ4v) is 5.90. The maximum absolute atomic E-state index is 13.1. The molecule has 7 heteroatoms. The number of amides is 2. The first-order valence-electron chi connectivity index (χ1n) is 13.8. The van der Waals surface area contributed by atoms with E-state index in [0.29, 0.717) is 23.7 Å². The van der Waals surface area contributed by atoms with Crippen LogP contribution in [-0.4, -0.2) is 39.4 Å². The standard InChI is InChI=1S/C33H29N5O2/c39-31-7-4-14-38(31)27-10-8-22(9-11-27)24-15-25(20-34-19-24)28-12-13-35-32-29(28)18-30(37-32)33(40)36-26-16-23(17-26)21-5-2-1-3-6-21/h1-3,5-6,8-13,15,18-20,23,26H,4,7,14,16-17H2,(H,35,37)(H,36,40). The first-order valence-corrected chi connectivity index (χ1v) is 13.8. The summed E-state index contributed by atoms with van der Waals surface area (Å²) in [5, 5.41) is 4.06. The van der Waals surface area contributed by atoms with Gasteiger partial charge in [-0.1, -0.05) is 42.5 Å². The highest BCUT2D eigenvalue weighted by Gasteiger charge is 2.31. The SMILES string of the molecule is O=C(NC1CC(c2ccccc2)C1)c1cc2c(-c3cncc(-c4ccc(N5CCCC5=O)cc4)c3)ccnc2[nH]1. The Balaban J connectivity index is 1.09. The third kappa shape index (κ3) is 4.53. The van der Waals surface area contributed by atoms with E-state index >= 15 is 0 Å². The molecule has 0 unspecified atom stereocenters. The third-order valence-electron chi connectivity index (χ3n) is 8.16. The number of hydrogen-bond acceptors (Lipinski definition) is 4. The summed E-state index contributed by atoms with van der Waals surface area (Å²) >= 11 is 0. The monoisotopic (exact) mass is 527 g/mol. The van der Waals surface area contributed by atoms with E-state index in [2.05, 4.69) is 50.6 Å². The molecule has 1 aliphatic carbocycles. The highest BCUT2D eigenvalue weighted by Crippen LogP contribution is 2.37. The molecule has 2 amide bonds. The van der Waals surface area contributed by atoms with E-state index in [9.17, 15) is 9.59 Å². The summed E-state index contributed by atoms with van der Waals surface area (Å²) in [6, 6.07) is 24.6. The summed E-state index contributed by atoms with van der Waals surface area (Å²) in [4.78, 5) is 39.2. The normalized spacial score (nSPS) is 18.6. The second kappa shape index (κ2) is 10.1. The van der Waals surface area contributed by atoms with E-state index in [1.54, 1.807) is 6.20 Å². The summed E-state index contributed by atoms with van der Waals surface area (Å²) < 4.78 is 0. The molecule has 1 aliphatic heterocycles. The van der Waals surface area contributed by atoms with Gasteiger partial charge in [0, 0.05) is 59.8 Å². The van der Waals surface area contributed by atoms with Gasteiger partial charge in [-0.05, 0) is 72.2 Å². The first-order chi connectivity index (χ1) is 19.6. The van der Waals surface area contributed by atoms with E-state index in [1.165, 1.54) is 5.56 Å². The van der Waals surface area contributed by atoms with Gasteiger partial charge in [0.2, 0.25) is 5.91 Å². The Morgan fingerprint density at radius 2 is 1.73 bits per heavy atom. The molecule has 7 rings (SSSR count). The summed E-state index contributed by atoms with van der Waals surface area (Å²) in [6.07, 6.45) is 8.85. The number of H-pyrrole nitrogens is 1. The third-order valence-corrected chi connectivity index (χ3v) is 8.16. The number of rotatable bonds is 6. The molecule has 2 N–H and O–H groups in total. The largest absolute Gasteiger partial charge is 0.348 e. The molecule has 0 bridgehead atoms. The van der Waals surface area contributed by atoms with E-state index in [4.69, 9.17) is 0 Å². The van der Waals surface area contributed by atoms with Crippen LogP contribution < -0.4 is 10.2 Å². The summed E-state index contributed by atoms with van der Waals surface area (Å²) in [5.74, 6) is 0.576. The van der Waals surface area contributed by atoms with Crippen LogP contribution in [0.5, 0.6) is 0 Å². The number of carbonyl (C=O) groups excluding carboxylic acids is 2.